The van der Waals surface area contributed by atoms with Crippen molar-refractivity contribution in [2.75, 3.05) is 13.2 Å². The molecule has 0 aromatic carbocycles. The topological polar surface area (TPSA) is 9.23 Å². The van der Waals surface area contributed by atoms with Gasteiger partial charge in [-0.15, -0.1) is 0 Å². The maximum atomic E-state index is 5.32. The molecule has 0 aliphatic heterocycles. The molecule has 0 aliphatic carbocycles. The highest BCUT2D eigenvalue weighted by molar-refractivity contribution is 4.49. The summed E-state index contributed by atoms with van der Waals surface area (Å²) in [5.74, 6) is 0. The molecule has 0 rings (SSSR count). The molecule has 0 heterocycles. The van der Waals surface area contributed by atoms with E-state index in [1.54, 1.807) is 0 Å². The fraction of sp³-hybridized carbons (Fsp3) is 0.938. The highest BCUT2D eigenvalue weighted by atomic mass is 16.5. The molecule has 0 N–H and O–H groups in total. The van der Waals surface area contributed by atoms with Crippen LogP contribution in [0.4, 0.5) is 0 Å². The predicted molar refractivity (Wildman–Crippen MR) is 77.3 cm³/mol. The average Bonchev–Trinajstić information content (AvgIpc) is 2.35. The lowest BCUT2D eigenvalue weighted by atomic mass is 10.1. The number of rotatable bonds is 14. The molecule has 0 amide bonds. The van der Waals surface area contributed by atoms with E-state index in [9.17, 15) is 0 Å². The minimum absolute atomic E-state index is 0.869. The molecule has 0 aliphatic rings. The maximum Gasteiger partial charge on any atom is 0.0465 e. The number of ether oxygens (including phenoxy) is 1. The quantitative estimate of drug-likeness (QED) is 0.363. The first-order chi connectivity index (χ1) is 8.41. The molecule has 103 valence electrons. The van der Waals surface area contributed by atoms with Crippen molar-refractivity contribution in [3.8, 4) is 0 Å². The zero-order chi connectivity index (χ0) is 12.6. The van der Waals surface area contributed by atoms with E-state index in [1.165, 1.54) is 70.6 Å². The summed E-state index contributed by atoms with van der Waals surface area (Å²) in [4.78, 5) is 0. The predicted octanol–water partition coefficient (Wildman–Crippen LogP) is 5.54. The minimum Gasteiger partial charge on any atom is -0.382 e. The summed E-state index contributed by atoms with van der Waals surface area (Å²) in [5.41, 5.74) is 0. The number of hydrogen-bond donors (Lipinski definition) is 0. The van der Waals surface area contributed by atoms with Crippen LogP contribution in [0.2, 0.25) is 0 Å². The third-order valence-corrected chi connectivity index (χ3v) is 3.24. The highest BCUT2D eigenvalue weighted by Gasteiger charge is 1.93. The van der Waals surface area contributed by atoms with Crippen LogP contribution in [0.5, 0.6) is 0 Å². The Kier molecular flexibility index (Phi) is 15.9. The molecular formula is C16H33O. The van der Waals surface area contributed by atoms with Crippen LogP contribution in [-0.2, 0) is 4.74 Å². The van der Waals surface area contributed by atoms with Crippen molar-refractivity contribution in [3.63, 3.8) is 0 Å². The molecule has 0 saturated heterocycles. The van der Waals surface area contributed by atoms with Crippen LogP contribution in [0.15, 0.2) is 0 Å². The van der Waals surface area contributed by atoms with Crippen LogP contribution in [0.1, 0.15) is 84.0 Å². The molecule has 1 heteroatoms. The van der Waals surface area contributed by atoms with Gasteiger partial charge in [0.25, 0.3) is 0 Å². The van der Waals surface area contributed by atoms with Crippen LogP contribution in [0.25, 0.3) is 0 Å². The smallest absolute Gasteiger partial charge is 0.0465 e. The van der Waals surface area contributed by atoms with E-state index >= 15 is 0 Å². The molecule has 1 nitrogen and oxygen atoms in total. The molecular weight excluding hydrogens is 208 g/mol. The van der Waals surface area contributed by atoms with Crippen LogP contribution in [-0.4, -0.2) is 13.2 Å². The minimum atomic E-state index is 0.869. The van der Waals surface area contributed by atoms with Gasteiger partial charge >= 0.3 is 0 Å². The van der Waals surface area contributed by atoms with E-state index < -0.39 is 0 Å². The normalized spacial score (nSPS) is 10.9. The van der Waals surface area contributed by atoms with Gasteiger partial charge in [-0.05, 0) is 13.3 Å². The standard InChI is InChI=1S/C16H33O/c1-3-5-6-7-8-9-10-11-12-13-14-15-16-17-4-2/h1,3-16H2,2H3. The molecule has 0 bridgehead atoms. The third kappa shape index (κ3) is 16.0. The Bertz CT molecular complexity index is 109. The Morgan fingerprint density at radius 2 is 1.06 bits per heavy atom. The van der Waals surface area contributed by atoms with E-state index in [-0.39, 0.29) is 0 Å². The Morgan fingerprint density at radius 1 is 0.647 bits per heavy atom. The fourth-order valence-electron chi connectivity index (χ4n) is 2.12. The summed E-state index contributed by atoms with van der Waals surface area (Å²) >= 11 is 0. The second-order valence-corrected chi connectivity index (χ2v) is 4.94. The van der Waals surface area contributed by atoms with Gasteiger partial charge in [0, 0.05) is 13.2 Å². The van der Waals surface area contributed by atoms with E-state index in [2.05, 4.69) is 13.8 Å². The van der Waals surface area contributed by atoms with E-state index in [0.717, 1.165) is 19.6 Å². The van der Waals surface area contributed by atoms with Gasteiger partial charge in [-0.1, -0.05) is 77.6 Å². The van der Waals surface area contributed by atoms with Gasteiger partial charge in [0.15, 0.2) is 0 Å². The van der Waals surface area contributed by atoms with Gasteiger partial charge in [0.2, 0.25) is 0 Å². The van der Waals surface area contributed by atoms with Gasteiger partial charge in [-0.2, -0.15) is 0 Å². The van der Waals surface area contributed by atoms with Gasteiger partial charge in [-0.3, -0.25) is 0 Å². The van der Waals surface area contributed by atoms with Crippen molar-refractivity contribution < 1.29 is 4.74 Å². The lowest BCUT2D eigenvalue weighted by Gasteiger charge is -2.03. The Hall–Kier alpha value is -0.0400. The highest BCUT2D eigenvalue weighted by Crippen LogP contribution is 2.11. The van der Waals surface area contributed by atoms with Gasteiger partial charge < -0.3 is 4.74 Å². The summed E-state index contributed by atoms with van der Waals surface area (Å²) in [5, 5.41) is 0. The molecule has 0 fully saturated rings. The zero-order valence-corrected chi connectivity index (χ0v) is 12.0. The maximum absolute atomic E-state index is 5.32. The van der Waals surface area contributed by atoms with E-state index in [0.29, 0.717) is 0 Å². The summed E-state index contributed by atoms with van der Waals surface area (Å²) in [7, 11) is 0. The first-order valence-electron chi connectivity index (χ1n) is 7.78. The largest absolute Gasteiger partial charge is 0.382 e. The van der Waals surface area contributed by atoms with Crippen LogP contribution in [0, 0.1) is 6.92 Å². The number of unbranched alkanes of at least 4 members (excludes halogenated alkanes) is 11. The summed E-state index contributed by atoms with van der Waals surface area (Å²) < 4.78 is 5.32. The first kappa shape index (κ1) is 17.0. The Balaban J connectivity index is 2.85. The summed E-state index contributed by atoms with van der Waals surface area (Å²) in [6.07, 6.45) is 16.4. The SMILES string of the molecule is [CH2]CCCCCCCCCCCCCOCC. The van der Waals surface area contributed by atoms with Crippen LogP contribution >= 0.6 is 0 Å². The molecule has 0 aromatic heterocycles. The zero-order valence-electron chi connectivity index (χ0n) is 12.0. The molecule has 1 radical (unpaired) electrons. The summed E-state index contributed by atoms with van der Waals surface area (Å²) in [6, 6.07) is 0. The van der Waals surface area contributed by atoms with Crippen LogP contribution < -0.4 is 0 Å². The lowest BCUT2D eigenvalue weighted by Crippen LogP contribution is -1.92. The third-order valence-electron chi connectivity index (χ3n) is 3.24. The van der Waals surface area contributed by atoms with Gasteiger partial charge in [0.1, 0.15) is 0 Å². The van der Waals surface area contributed by atoms with Crippen molar-refractivity contribution >= 4 is 0 Å². The fourth-order valence-corrected chi connectivity index (χ4v) is 2.12. The van der Waals surface area contributed by atoms with E-state index in [1.807, 2.05) is 0 Å². The van der Waals surface area contributed by atoms with Crippen molar-refractivity contribution in [3.05, 3.63) is 6.92 Å². The Morgan fingerprint density at radius 3 is 1.47 bits per heavy atom. The molecule has 17 heavy (non-hydrogen) atoms. The second-order valence-electron chi connectivity index (χ2n) is 4.94. The lowest BCUT2D eigenvalue weighted by molar-refractivity contribution is 0.143. The monoisotopic (exact) mass is 241 g/mol. The molecule has 0 atom stereocenters. The van der Waals surface area contributed by atoms with Gasteiger partial charge in [-0.25, -0.2) is 0 Å². The van der Waals surface area contributed by atoms with Crippen molar-refractivity contribution in [2.24, 2.45) is 0 Å². The Labute approximate surface area is 109 Å². The molecule has 0 unspecified atom stereocenters. The number of hydrogen-bond acceptors (Lipinski definition) is 1. The van der Waals surface area contributed by atoms with Crippen LogP contribution in [0.3, 0.4) is 0 Å². The molecule has 0 saturated carbocycles. The molecule has 0 spiro atoms. The second kappa shape index (κ2) is 16.0. The average molecular weight is 241 g/mol. The van der Waals surface area contributed by atoms with Gasteiger partial charge in [0.05, 0.1) is 0 Å². The molecule has 0 aromatic rings. The van der Waals surface area contributed by atoms with Crippen molar-refractivity contribution in [1.29, 1.82) is 0 Å². The van der Waals surface area contributed by atoms with Crippen molar-refractivity contribution in [2.45, 2.75) is 84.0 Å². The summed E-state index contributed by atoms with van der Waals surface area (Å²) in [6.45, 7) is 7.77. The first-order valence-corrected chi connectivity index (χ1v) is 7.78. The van der Waals surface area contributed by atoms with Crippen molar-refractivity contribution in [1.82, 2.24) is 0 Å². The van der Waals surface area contributed by atoms with E-state index in [4.69, 9.17) is 4.74 Å².